The molecular weight excluding hydrogens is 242 g/mol. The molecule has 100 valence electrons. The standard InChI is InChI=1S/C15H17NO3/c1-18-14-6-5-11(9-16)8-15(14)19-10-12-3-2-4-13(17)7-12/h2-8,17H,9-10,16H2,1H3. The largest absolute Gasteiger partial charge is 0.508 e. The molecule has 0 aliphatic heterocycles. The highest BCUT2D eigenvalue weighted by molar-refractivity contribution is 5.43. The van der Waals surface area contributed by atoms with Gasteiger partial charge in [-0.15, -0.1) is 0 Å². The van der Waals surface area contributed by atoms with Gasteiger partial charge >= 0.3 is 0 Å². The molecule has 0 spiro atoms. The Balaban J connectivity index is 2.14. The van der Waals surface area contributed by atoms with Crippen LogP contribution in [0.5, 0.6) is 17.2 Å². The lowest BCUT2D eigenvalue weighted by atomic mass is 10.2. The van der Waals surface area contributed by atoms with E-state index in [2.05, 4.69) is 0 Å². The molecule has 0 saturated heterocycles. The van der Waals surface area contributed by atoms with Crippen LogP contribution in [0, 0.1) is 0 Å². The zero-order valence-corrected chi connectivity index (χ0v) is 10.8. The van der Waals surface area contributed by atoms with Crippen LogP contribution in [0.4, 0.5) is 0 Å². The van der Waals surface area contributed by atoms with E-state index < -0.39 is 0 Å². The molecule has 0 amide bonds. The van der Waals surface area contributed by atoms with Gasteiger partial charge in [-0.05, 0) is 35.4 Å². The van der Waals surface area contributed by atoms with E-state index in [1.807, 2.05) is 24.3 Å². The zero-order valence-electron chi connectivity index (χ0n) is 10.8. The van der Waals surface area contributed by atoms with Crippen LogP contribution >= 0.6 is 0 Å². The number of methoxy groups -OCH3 is 1. The highest BCUT2D eigenvalue weighted by Crippen LogP contribution is 2.29. The number of hydrogen-bond donors (Lipinski definition) is 2. The summed E-state index contributed by atoms with van der Waals surface area (Å²) in [4.78, 5) is 0. The molecule has 2 aromatic carbocycles. The van der Waals surface area contributed by atoms with Crippen molar-refractivity contribution in [3.05, 3.63) is 53.6 Å². The van der Waals surface area contributed by atoms with E-state index >= 15 is 0 Å². The SMILES string of the molecule is COc1ccc(CN)cc1OCc1cccc(O)c1. The summed E-state index contributed by atoms with van der Waals surface area (Å²) >= 11 is 0. The van der Waals surface area contributed by atoms with Crippen molar-refractivity contribution >= 4 is 0 Å². The second kappa shape index (κ2) is 6.11. The van der Waals surface area contributed by atoms with E-state index in [-0.39, 0.29) is 5.75 Å². The maximum absolute atomic E-state index is 9.40. The molecule has 0 radical (unpaired) electrons. The van der Waals surface area contributed by atoms with Crippen molar-refractivity contribution in [3.8, 4) is 17.2 Å². The molecule has 0 fully saturated rings. The number of aromatic hydroxyl groups is 1. The van der Waals surface area contributed by atoms with Gasteiger partial charge in [0.05, 0.1) is 7.11 Å². The molecular formula is C15H17NO3. The summed E-state index contributed by atoms with van der Waals surface area (Å²) in [5, 5.41) is 9.40. The van der Waals surface area contributed by atoms with E-state index in [4.69, 9.17) is 15.2 Å². The Labute approximate surface area is 112 Å². The second-order valence-corrected chi connectivity index (χ2v) is 4.15. The summed E-state index contributed by atoms with van der Waals surface area (Å²) in [7, 11) is 1.60. The first-order chi connectivity index (χ1) is 9.22. The maximum Gasteiger partial charge on any atom is 0.161 e. The molecule has 0 atom stereocenters. The van der Waals surface area contributed by atoms with Crippen LogP contribution in [0.2, 0.25) is 0 Å². The average Bonchev–Trinajstić information content (AvgIpc) is 2.45. The van der Waals surface area contributed by atoms with Crippen molar-refractivity contribution in [2.45, 2.75) is 13.2 Å². The number of nitrogens with two attached hydrogens (primary N) is 1. The number of benzene rings is 2. The summed E-state index contributed by atoms with van der Waals surface area (Å²) in [5.41, 5.74) is 7.48. The van der Waals surface area contributed by atoms with Crippen LogP contribution in [0.25, 0.3) is 0 Å². The topological polar surface area (TPSA) is 64.7 Å². The van der Waals surface area contributed by atoms with Crippen LogP contribution < -0.4 is 15.2 Å². The predicted molar refractivity (Wildman–Crippen MR) is 73.3 cm³/mol. The van der Waals surface area contributed by atoms with Crippen LogP contribution in [-0.2, 0) is 13.2 Å². The maximum atomic E-state index is 9.40. The summed E-state index contributed by atoms with van der Waals surface area (Å²) < 4.78 is 11.0. The molecule has 0 heterocycles. The normalized spacial score (nSPS) is 10.2. The number of hydrogen-bond acceptors (Lipinski definition) is 4. The monoisotopic (exact) mass is 259 g/mol. The molecule has 0 bridgehead atoms. The second-order valence-electron chi connectivity index (χ2n) is 4.15. The van der Waals surface area contributed by atoms with Crippen molar-refractivity contribution in [1.82, 2.24) is 0 Å². The lowest BCUT2D eigenvalue weighted by molar-refractivity contribution is 0.283. The minimum absolute atomic E-state index is 0.226. The number of rotatable bonds is 5. The number of phenolic OH excluding ortho intramolecular Hbond substituents is 1. The number of phenols is 1. The third-order valence-electron chi connectivity index (χ3n) is 2.77. The van der Waals surface area contributed by atoms with Gasteiger partial charge in [0.2, 0.25) is 0 Å². The van der Waals surface area contributed by atoms with Crippen molar-refractivity contribution in [2.24, 2.45) is 5.73 Å². The Hall–Kier alpha value is -2.20. The molecule has 0 aromatic heterocycles. The smallest absolute Gasteiger partial charge is 0.161 e. The fraction of sp³-hybridized carbons (Fsp3) is 0.200. The van der Waals surface area contributed by atoms with Crippen molar-refractivity contribution in [1.29, 1.82) is 0 Å². The third kappa shape index (κ3) is 3.39. The Morgan fingerprint density at radius 3 is 2.58 bits per heavy atom. The summed E-state index contributed by atoms with van der Waals surface area (Å²) in [5.74, 6) is 1.54. The minimum Gasteiger partial charge on any atom is -0.508 e. The molecule has 4 nitrogen and oxygen atoms in total. The van der Waals surface area contributed by atoms with E-state index in [0.717, 1.165) is 11.1 Å². The third-order valence-corrected chi connectivity index (χ3v) is 2.77. The molecule has 3 N–H and O–H groups in total. The Morgan fingerprint density at radius 2 is 1.89 bits per heavy atom. The molecule has 0 saturated carbocycles. The predicted octanol–water partition coefficient (Wildman–Crippen LogP) is 2.44. The summed E-state index contributed by atoms with van der Waals surface area (Å²) in [6, 6.07) is 12.6. The van der Waals surface area contributed by atoms with Crippen LogP contribution in [-0.4, -0.2) is 12.2 Å². The first-order valence-electron chi connectivity index (χ1n) is 6.00. The van der Waals surface area contributed by atoms with Gasteiger partial charge < -0.3 is 20.3 Å². The highest BCUT2D eigenvalue weighted by atomic mass is 16.5. The van der Waals surface area contributed by atoms with Gasteiger partial charge in [-0.3, -0.25) is 0 Å². The minimum atomic E-state index is 0.226. The quantitative estimate of drug-likeness (QED) is 0.865. The van der Waals surface area contributed by atoms with E-state index in [1.165, 1.54) is 0 Å². The van der Waals surface area contributed by atoms with Crippen molar-refractivity contribution in [3.63, 3.8) is 0 Å². The molecule has 4 heteroatoms. The molecule has 0 aliphatic rings. The lowest BCUT2D eigenvalue weighted by Gasteiger charge is -2.12. The fourth-order valence-electron chi connectivity index (χ4n) is 1.77. The Bertz CT molecular complexity index is 555. The van der Waals surface area contributed by atoms with E-state index in [0.29, 0.717) is 24.7 Å². The van der Waals surface area contributed by atoms with Crippen LogP contribution in [0.15, 0.2) is 42.5 Å². The van der Waals surface area contributed by atoms with Gasteiger partial charge in [-0.2, -0.15) is 0 Å². The first kappa shape index (κ1) is 13.2. The Kier molecular flexibility index (Phi) is 4.26. The van der Waals surface area contributed by atoms with Gasteiger partial charge in [0, 0.05) is 6.54 Å². The molecule has 0 aliphatic carbocycles. The Morgan fingerprint density at radius 1 is 1.05 bits per heavy atom. The van der Waals surface area contributed by atoms with Gasteiger partial charge in [0.1, 0.15) is 12.4 Å². The fourth-order valence-corrected chi connectivity index (χ4v) is 1.77. The van der Waals surface area contributed by atoms with Gasteiger partial charge in [0.25, 0.3) is 0 Å². The van der Waals surface area contributed by atoms with Crippen LogP contribution in [0.1, 0.15) is 11.1 Å². The first-order valence-corrected chi connectivity index (χ1v) is 6.00. The van der Waals surface area contributed by atoms with Crippen molar-refractivity contribution < 1.29 is 14.6 Å². The molecule has 2 rings (SSSR count). The van der Waals surface area contributed by atoms with E-state index in [9.17, 15) is 5.11 Å². The van der Waals surface area contributed by atoms with Crippen LogP contribution in [0.3, 0.4) is 0 Å². The lowest BCUT2D eigenvalue weighted by Crippen LogP contribution is -2.01. The zero-order chi connectivity index (χ0) is 13.7. The van der Waals surface area contributed by atoms with Gasteiger partial charge in [-0.25, -0.2) is 0 Å². The molecule has 2 aromatic rings. The van der Waals surface area contributed by atoms with E-state index in [1.54, 1.807) is 25.3 Å². The highest BCUT2D eigenvalue weighted by Gasteiger charge is 2.06. The van der Waals surface area contributed by atoms with Crippen molar-refractivity contribution in [2.75, 3.05) is 7.11 Å². The summed E-state index contributed by atoms with van der Waals surface area (Å²) in [6.45, 7) is 0.811. The van der Waals surface area contributed by atoms with Gasteiger partial charge in [-0.1, -0.05) is 18.2 Å². The molecule has 0 unspecified atom stereocenters. The van der Waals surface area contributed by atoms with Gasteiger partial charge in [0.15, 0.2) is 11.5 Å². The average molecular weight is 259 g/mol. The molecule has 19 heavy (non-hydrogen) atoms. The summed E-state index contributed by atoms with van der Waals surface area (Å²) in [6.07, 6.45) is 0. The number of ether oxygens (including phenoxy) is 2.